The molecule has 4 nitrogen and oxygen atoms in total. The van der Waals surface area contributed by atoms with Crippen LogP contribution in [0.1, 0.15) is 20.8 Å². The number of hydrogen-bond acceptors (Lipinski definition) is 4. The lowest BCUT2D eigenvalue weighted by molar-refractivity contribution is -0.0818. The van der Waals surface area contributed by atoms with Crippen molar-refractivity contribution in [2.24, 2.45) is 5.92 Å². The fourth-order valence-corrected chi connectivity index (χ4v) is 2.79. The highest BCUT2D eigenvalue weighted by molar-refractivity contribution is 6.74. The summed E-state index contributed by atoms with van der Waals surface area (Å²) >= 11 is 0. The molecule has 1 rings (SSSR count). The molecule has 3 unspecified atom stereocenters. The lowest BCUT2D eigenvalue weighted by Crippen LogP contribution is -2.44. The van der Waals surface area contributed by atoms with Crippen LogP contribution in [0.15, 0.2) is 12.7 Å². The molecule has 1 saturated heterocycles. The van der Waals surface area contributed by atoms with Gasteiger partial charge in [-0.1, -0.05) is 26.8 Å². The van der Waals surface area contributed by atoms with E-state index < -0.39 is 8.32 Å². The van der Waals surface area contributed by atoms with Crippen LogP contribution in [0.4, 0.5) is 0 Å². The first-order valence-corrected chi connectivity index (χ1v) is 10.1. The Morgan fingerprint density at radius 1 is 1.40 bits per heavy atom. The predicted octanol–water partition coefficient (Wildman–Crippen LogP) is 3.20. The van der Waals surface area contributed by atoms with Crippen LogP contribution >= 0.6 is 0 Å². The molecule has 0 amide bonds. The van der Waals surface area contributed by atoms with Gasteiger partial charge in [-0.05, 0) is 18.1 Å². The molecule has 20 heavy (non-hydrogen) atoms. The minimum absolute atomic E-state index is 0.0905. The molecule has 0 N–H and O–H groups in total. The second-order valence-electron chi connectivity index (χ2n) is 6.88. The van der Waals surface area contributed by atoms with Crippen LogP contribution in [0, 0.1) is 5.92 Å². The van der Waals surface area contributed by atoms with Gasteiger partial charge in [0.1, 0.15) is 6.79 Å². The summed E-state index contributed by atoms with van der Waals surface area (Å²) < 4.78 is 22.4. The van der Waals surface area contributed by atoms with Crippen LogP contribution < -0.4 is 0 Å². The summed E-state index contributed by atoms with van der Waals surface area (Å²) in [6, 6.07) is 0. The molecule has 1 aliphatic rings. The first-order valence-electron chi connectivity index (χ1n) is 7.21. The van der Waals surface area contributed by atoms with Crippen molar-refractivity contribution in [3.8, 4) is 0 Å². The molecule has 0 spiro atoms. The molecule has 3 atom stereocenters. The Morgan fingerprint density at radius 2 is 2.00 bits per heavy atom. The Hall–Kier alpha value is -0.203. The quantitative estimate of drug-likeness (QED) is 0.284. The SMILES string of the molecule is C=CC(OCOC)C(CO[Si](C)(C)C(C)(C)C)C1CO1. The third-order valence-electron chi connectivity index (χ3n) is 4.31. The van der Waals surface area contributed by atoms with Crippen LogP contribution in [0.3, 0.4) is 0 Å². The van der Waals surface area contributed by atoms with Gasteiger partial charge in [0.05, 0.1) is 18.8 Å². The fourth-order valence-electron chi connectivity index (χ4n) is 1.75. The van der Waals surface area contributed by atoms with Crippen LogP contribution in [0.25, 0.3) is 0 Å². The molecule has 0 aromatic carbocycles. The van der Waals surface area contributed by atoms with Gasteiger partial charge in [0.25, 0.3) is 0 Å². The zero-order valence-electron chi connectivity index (χ0n) is 13.8. The number of hydrogen-bond donors (Lipinski definition) is 0. The third-order valence-corrected chi connectivity index (χ3v) is 8.81. The van der Waals surface area contributed by atoms with Crippen molar-refractivity contribution in [3.05, 3.63) is 12.7 Å². The highest BCUT2D eigenvalue weighted by atomic mass is 28.4. The average Bonchev–Trinajstić information content (AvgIpc) is 3.16. The maximum absolute atomic E-state index is 6.31. The van der Waals surface area contributed by atoms with Gasteiger partial charge in [-0.15, -0.1) is 6.58 Å². The van der Waals surface area contributed by atoms with E-state index in [-0.39, 0.29) is 30.0 Å². The predicted molar refractivity (Wildman–Crippen MR) is 83.3 cm³/mol. The van der Waals surface area contributed by atoms with Crippen molar-refractivity contribution in [2.45, 2.75) is 51.1 Å². The van der Waals surface area contributed by atoms with Crippen molar-refractivity contribution in [1.29, 1.82) is 0 Å². The average molecular weight is 302 g/mol. The Morgan fingerprint density at radius 3 is 2.40 bits per heavy atom. The zero-order chi connectivity index (χ0) is 15.4. The topological polar surface area (TPSA) is 40.2 Å². The largest absolute Gasteiger partial charge is 0.416 e. The van der Waals surface area contributed by atoms with E-state index in [1.165, 1.54) is 0 Å². The second kappa shape index (κ2) is 7.18. The minimum atomic E-state index is -1.75. The Kier molecular flexibility index (Phi) is 6.41. The summed E-state index contributed by atoms with van der Waals surface area (Å²) in [6.45, 7) is 16.8. The van der Waals surface area contributed by atoms with Gasteiger partial charge < -0.3 is 18.6 Å². The van der Waals surface area contributed by atoms with Crippen LogP contribution in [-0.2, 0) is 18.6 Å². The van der Waals surface area contributed by atoms with Crippen molar-refractivity contribution < 1.29 is 18.6 Å². The normalized spacial score (nSPS) is 22.4. The van der Waals surface area contributed by atoms with E-state index in [0.29, 0.717) is 6.61 Å². The van der Waals surface area contributed by atoms with Gasteiger partial charge in [-0.2, -0.15) is 0 Å². The molecular formula is C15H30O4Si. The van der Waals surface area contributed by atoms with Crippen molar-refractivity contribution in [2.75, 3.05) is 27.1 Å². The van der Waals surface area contributed by atoms with Gasteiger partial charge >= 0.3 is 0 Å². The molecule has 0 radical (unpaired) electrons. The first kappa shape index (κ1) is 17.8. The second-order valence-corrected chi connectivity index (χ2v) is 11.7. The molecule has 5 heteroatoms. The Balaban J connectivity index is 2.61. The summed E-state index contributed by atoms with van der Waals surface area (Å²) in [5.41, 5.74) is 0. The molecule has 1 fully saturated rings. The lowest BCUT2D eigenvalue weighted by atomic mass is 10.00. The number of methoxy groups -OCH3 is 1. The molecule has 0 aromatic heterocycles. The summed E-state index contributed by atoms with van der Waals surface area (Å²) in [5.74, 6) is 0.191. The van der Waals surface area contributed by atoms with E-state index in [2.05, 4.69) is 40.4 Å². The van der Waals surface area contributed by atoms with Gasteiger partial charge in [0.15, 0.2) is 8.32 Å². The number of rotatable bonds is 9. The van der Waals surface area contributed by atoms with E-state index >= 15 is 0 Å². The summed E-state index contributed by atoms with van der Waals surface area (Å²) in [5, 5.41) is 0.207. The van der Waals surface area contributed by atoms with E-state index in [1.54, 1.807) is 7.11 Å². The Labute approximate surface area is 124 Å². The van der Waals surface area contributed by atoms with Crippen molar-refractivity contribution in [3.63, 3.8) is 0 Å². The highest BCUT2D eigenvalue weighted by Crippen LogP contribution is 2.38. The number of epoxide rings is 1. The van der Waals surface area contributed by atoms with Gasteiger partial charge in [-0.25, -0.2) is 0 Å². The standard InChI is InChI=1S/C15H30O4Si/c1-8-13(18-11-16-5)12(14-10-17-14)9-19-20(6,7)15(2,3)4/h8,12-14H,1,9-11H2,2-7H3. The molecule has 118 valence electrons. The molecule has 0 aliphatic carbocycles. The van der Waals surface area contributed by atoms with Gasteiger partial charge in [-0.3, -0.25) is 0 Å². The number of ether oxygens (including phenoxy) is 3. The molecule has 1 heterocycles. The van der Waals surface area contributed by atoms with Crippen molar-refractivity contribution >= 4 is 8.32 Å². The highest BCUT2D eigenvalue weighted by Gasteiger charge is 2.42. The molecule has 0 aromatic rings. The van der Waals surface area contributed by atoms with Gasteiger partial charge in [0.2, 0.25) is 0 Å². The van der Waals surface area contributed by atoms with E-state index in [9.17, 15) is 0 Å². The minimum Gasteiger partial charge on any atom is -0.416 e. The van der Waals surface area contributed by atoms with Gasteiger partial charge in [0, 0.05) is 19.6 Å². The molecule has 0 saturated carbocycles. The maximum atomic E-state index is 6.31. The van der Waals surface area contributed by atoms with E-state index in [1.807, 2.05) is 6.08 Å². The fraction of sp³-hybridized carbons (Fsp3) is 0.867. The summed E-state index contributed by atoms with van der Waals surface area (Å²) in [6.07, 6.45) is 1.95. The summed E-state index contributed by atoms with van der Waals surface area (Å²) in [4.78, 5) is 0. The maximum Gasteiger partial charge on any atom is 0.191 e. The molecule has 1 aliphatic heterocycles. The summed E-state index contributed by atoms with van der Waals surface area (Å²) in [7, 11) is -0.132. The monoisotopic (exact) mass is 302 g/mol. The third kappa shape index (κ3) is 4.97. The zero-order valence-corrected chi connectivity index (χ0v) is 14.8. The van der Waals surface area contributed by atoms with E-state index in [4.69, 9.17) is 18.6 Å². The molecule has 0 bridgehead atoms. The van der Waals surface area contributed by atoms with Crippen LogP contribution in [0.5, 0.6) is 0 Å². The van der Waals surface area contributed by atoms with Crippen LogP contribution in [-0.4, -0.2) is 47.6 Å². The lowest BCUT2D eigenvalue weighted by Gasteiger charge is -2.37. The van der Waals surface area contributed by atoms with Crippen LogP contribution in [0.2, 0.25) is 18.1 Å². The van der Waals surface area contributed by atoms with E-state index in [0.717, 1.165) is 6.61 Å². The Bertz CT molecular complexity index is 307. The van der Waals surface area contributed by atoms with Crippen molar-refractivity contribution in [1.82, 2.24) is 0 Å². The smallest absolute Gasteiger partial charge is 0.191 e. The first-order chi connectivity index (χ1) is 9.23. The molecular weight excluding hydrogens is 272 g/mol.